The zero-order valence-electron chi connectivity index (χ0n) is 12.0. The molecule has 2 unspecified atom stereocenters. The number of hydrogen-bond acceptors (Lipinski definition) is 4. The maximum atomic E-state index is 3.80. The van der Waals surface area contributed by atoms with Crippen LogP contribution in [0.25, 0.3) is 0 Å². The molecule has 0 aromatic heterocycles. The van der Waals surface area contributed by atoms with Crippen LogP contribution in [0.2, 0.25) is 0 Å². The lowest BCUT2D eigenvalue weighted by atomic mass is 10.2. The first-order chi connectivity index (χ1) is 8.79. The van der Waals surface area contributed by atoms with Gasteiger partial charge in [0.05, 0.1) is 0 Å². The summed E-state index contributed by atoms with van der Waals surface area (Å²) >= 11 is 2.15. The van der Waals surface area contributed by atoms with Crippen molar-refractivity contribution >= 4 is 11.8 Å². The van der Waals surface area contributed by atoms with Crippen LogP contribution in [0.15, 0.2) is 0 Å². The van der Waals surface area contributed by atoms with E-state index in [2.05, 4.69) is 40.8 Å². The lowest BCUT2D eigenvalue weighted by Gasteiger charge is -2.32. The van der Waals surface area contributed by atoms with Crippen molar-refractivity contribution in [2.45, 2.75) is 37.5 Å². The molecule has 2 fully saturated rings. The van der Waals surface area contributed by atoms with Gasteiger partial charge in [0.25, 0.3) is 0 Å². The van der Waals surface area contributed by atoms with Crippen LogP contribution in [-0.2, 0) is 0 Å². The Hall–Kier alpha value is 0.230. The minimum atomic E-state index is 0.780. The normalized spacial score (nSPS) is 31.0. The van der Waals surface area contributed by atoms with Crippen LogP contribution in [-0.4, -0.2) is 73.2 Å². The van der Waals surface area contributed by atoms with E-state index in [1.54, 1.807) is 0 Å². The van der Waals surface area contributed by atoms with Crippen molar-refractivity contribution in [2.75, 3.05) is 52.1 Å². The zero-order valence-corrected chi connectivity index (χ0v) is 12.8. The van der Waals surface area contributed by atoms with E-state index in [9.17, 15) is 0 Å². The lowest BCUT2D eigenvalue weighted by molar-refractivity contribution is 0.154. The summed E-state index contributed by atoms with van der Waals surface area (Å²) in [6, 6.07) is 0.780. The molecule has 0 bridgehead atoms. The largest absolute Gasteiger partial charge is 0.312 e. The SMILES string of the molecule is CCSC1CCCC1NCCN1CCN(C)CC1. The van der Waals surface area contributed by atoms with Gasteiger partial charge in [0.1, 0.15) is 0 Å². The molecule has 2 aliphatic rings. The van der Waals surface area contributed by atoms with E-state index < -0.39 is 0 Å². The smallest absolute Gasteiger partial charge is 0.0201 e. The van der Waals surface area contributed by atoms with Crippen molar-refractivity contribution in [1.82, 2.24) is 15.1 Å². The van der Waals surface area contributed by atoms with Gasteiger partial charge in [0.15, 0.2) is 0 Å². The first-order valence-electron chi connectivity index (χ1n) is 7.55. The monoisotopic (exact) mass is 271 g/mol. The number of thioether (sulfide) groups is 1. The second-order valence-corrected chi connectivity index (χ2v) is 7.15. The number of hydrogen-bond donors (Lipinski definition) is 1. The van der Waals surface area contributed by atoms with E-state index in [4.69, 9.17) is 0 Å². The second-order valence-electron chi connectivity index (χ2n) is 5.63. The molecule has 0 aromatic carbocycles. The number of nitrogens with zero attached hydrogens (tertiary/aromatic N) is 2. The van der Waals surface area contributed by atoms with Crippen molar-refractivity contribution in [3.63, 3.8) is 0 Å². The molecule has 18 heavy (non-hydrogen) atoms. The fourth-order valence-corrected chi connectivity index (χ4v) is 4.28. The average Bonchev–Trinajstić information content (AvgIpc) is 2.80. The minimum Gasteiger partial charge on any atom is -0.312 e. The summed E-state index contributed by atoms with van der Waals surface area (Å²) in [5, 5.41) is 4.68. The highest BCUT2D eigenvalue weighted by molar-refractivity contribution is 7.99. The predicted octanol–water partition coefficient (Wildman–Crippen LogP) is 1.50. The Bertz CT molecular complexity index is 229. The van der Waals surface area contributed by atoms with Crippen molar-refractivity contribution < 1.29 is 0 Å². The van der Waals surface area contributed by atoms with Crippen LogP contribution >= 0.6 is 11.8 Å². The van der Waals surface area contributed by atoms with Crippen molar-refractivity contribution in [3.05, 3.63) is 0 Å². The van der Waals surface area contributed by atoms with Crippen LogP contribution < -0.4 is 5.32 Å². The molecule has 4 heteroatoms. The van der Waals surface area contributed by atoms with Gasteiger partial charge in [-0.1, -0.05) is 13.3 Å². The Morgan fingerprint density at radius 3 is 2.67 bits per heavy atom. The van der Waals surface area contributed by atoms with Crippen LogP contribution in [0, 0.1) is 0 Å². The lowest BCUT2D eigenvalue weighted by Crippen LogP contribution is -2.47. The van der Waals surface area contributed by atoms with Gasteiger partial charge >= 0.3 is 0 Å². The molecule has 1 saturated heterocycles. The Balaban J connectivity index is 1.60. The van der Waals surface area contributed by atoms with Gasteiger partial charge in [-0.3, -0.25) is 4.90 Å². The quantitative estimate of drug-likeness (QED) is 0.789. The van der Waals surface area contributed by atoms with Crippen LogP contribution in [0.4, 0.5) is 0 Å². The van der Waals surface area contributed by atoms with E-state index in [0.29, 0.717) is 0 Å². The van der Waals surface area contributed by atoms with E-state index in [1.165, 1.54) is 64.3 Å². The van der Waals surface area contributed by atoms with Crippen LogP contribution in [0.1, 0.15) is 26.2 Å². The van der Waals surface area contributed by atoms with Gasteiger partial charge in [-0.2, -0.15) is 11.8 Å². The van der Waals surface area contributed by atoms with Gasteiger partial charge in [-0.15, -0.1) is 0 Å². The fraction of sp³-hybridized carbons (Fsp3) is 1.00. The van der Waals surface area contributed by atoms with Crippen LogP contribution in [0.5, 0.6) is 0 Å². The summed E-state index contributed by atoms with van der Waals surface area (Å²) < 4.78 is 0. The standard InChI is InChI=1S/C14H29N3S/c1-3-18-14-6-4-5-13(14)15-7-8-17-11-9-16(2)10-12-17/h13-15H,3-12H2,1-2H3. The molecule has 1 aliphatic carbocycles. The van der Waals surface area contributed by atoms with E-state index in [0.717, 1.165) is 11.3 Å². The second kappa shape index (κ2) is 7.73. The first-order valence-corrected chi connectivity index (χ1v) is 8.60. The summed E-state index contributed by atoms with van der Waals surface area (Å²) in [6.45, 7) is 9.65. The number of piperazine rings is 1. The molecule has 0 amide bonds. The Morgan fingerprint density at radius 1 is 1.17 bits per heavy atom. The summed E-state index contributed by atoms with van der Waals surface area (Å²) in [5.41, 5.74) is 0. The molecule has 1 N–H and O–H groups in total. The predicted molar refractivity (Wildman–Crippen MR) is 81.5 cm³/mol. The Morgan fingerprint density at radius 2 is 1.94 bits per heavy atom. The third kappa shape index (κ3) is 4.41. The summed E-state index contributed by atoms with van der Waals surface area (Å²) in [4.78, 5) is 5.03. The first kappa shape index (κ1) is 14.6. The molecule has 2 atom stereocenters. The van der Waals surface area contributed by atoms with Gasteiger partial charge in [-0.05, 0) is 25.6 Å². The highest BCUT2D eigenvalue weighted by Crippen LogP contribution is 2.29. The molecule has 0 radical (unpaired) electrons. The van der Waals surface area contributed by atoms with Gasteiger partial charge < -0.3 is 10.2 Å². The highest BCUT2D eigenvalue weighted by atomic mass is 32.2. The highest BCUT2D eigenvalue weighted by Gasteiger charge is 2.26. The summed E-state index contributed by atoms with van der Waals surface area (Å²) in [7, 11) is 2.22. The Kier molecular flexibility index (Phi) is 6.29. The third-order valence-corrected chi connectivity index (χ3v) is 5.59. The van der Waals surface area contributed by atoms with Crippen molar-refractivity contribution in [1.29, 1.82) is 0 Å². The molecule has 106 valence electrons. The third-order valence-electron chi connectivity index (χ3n) is 4.26. The zero-order chi connectivity index (χ0) is 12.8. The number of rotatable bonds is 6. The van der Waals surface area contributed by atoms with Crippen molar-refractivity contribution in [3.8, 4) is 0 Å². The van der Waals surface area contributed by atoms with Crippen molar-refractivity contribution in [2.24, 2.45) is 0 Å². The van der Waals surface area contributed by atoms with Gasteiger partial charge in [0.2, 0.25) is 0 Å². The van der Waals surface area contributed by atoms with E-state index >= 15 is 0 Å². The average molecular weight is 271 g/mol. The fourth-order valence-electron chi connectivity index (χ4n) is 3.05. The minimum absolute atomic E-state index is 0.780. The van der Waals surface area contributed by atoms with Gasteiger partial charge in [-0.25, -0.2) is 0 Å². The van der Waals surface area contributed by atoms with Gasteiger partial charge in [0, 0.05) is 50.6 Å². The van der Waals surface area contributed by atoms with Crippen LogP contribution in [0.3, 0.4) is 0 Å². The maximum absolute atomic E-state index is 3.80. The Labute approximate surface area is 117 Å². The number of nitrogens with one attached hydrogen (secondary N) is 1. The summed E-state index contributed by atoms with van der Waals surface area (Å²) in [6.07, 6.45) is 4.23. The molecule has 1 aliphatic heterocycles. The number of likely N-dealkylation sites (N-methyl/N-ethyl adjacent to an activating group) is 1. The van der Waals surface area contributed by atoms with E-state index in [1.807, 2.05) is 0 Å². The maximum Gasteiger partial charge on any atom is 0.0201 e. The molecular formula is C14H29N3S. The molecular weight excluding hydrogens is 242 g/mol. The molecule has 1 saturated carbocycles. The molecule has 0 aromatic rings. The summed E-state index contributed by atoms with van der Waals surface area (Å²) in [5.74, 6) is 1.27. The molecule has 3 nitrogen and oxygen atoms in total. The molecule has 1 heterocycles. The topological polar surface area (TPSA) is 18.5 Å². The molecule has 2 rings (SSSR count). The molecule has 0 spiro atoms. The van der Waals surface area contributed by atoms with E-state index in [-0.39, 0.29) is 0 Å².